The average Bonchev–Trinajstić information content (AvgIpc) is 3.16. The monoisotopic (exact) mass is 373 g/mol. The summed E-state index contributed by atoms with van der Waals surface area (Å²) in [5.74, 6) is -0.335. The molecule has 0 radical (unpaired) electrons. The second-order valence-corrected chi connectivity index (χ2v) is 9.17. The first kappa shape index (κ1) is 17.3. The van der Waals surface area contributed by atoms with E-state index in [1.807, 2.05) is 0 Å². The molecule has 1 aliphatic carbocycles. The van der Waals surface area contributed by atoms with Gasteiger partial charge in [-0.15, -0.1) is 11.3 Å². The molecule has 24 heavy (non-hydrogen) atoms. The van der Waals surface area contributed by atoms with Gasteiger partial charge in [-0.3, -0.25) is 10.1 Å². The number of hydrogen-bond donors (Lipinski definition) is 3. The smallest absolute Gasteiger partial charge is 0.321 e. The third-order valence-electron chi connectivity index (χ3n) is 4.09. The molecule has 1 saturated heterocycles. The van der Waals surface area contributed by atoms with Gasteiger partial charge in [0, 0.05) is 6.04 Å². The Balaban J connectivity index is 1.45. The van der Waals surface area contributed by atoms with Crippen molar-refractivity contribution in [2.24, 2.45) is 0 Å². The summed E-state index contributed by atoms with van der Waals surface area (Å²) in [6.45, 7) is 2.00. The average molecular weight is 373 g/mol. The Morgan fingerprint density at radius 1 is 1.29 bits per heavy atom. The van der Waals surface area contributed by atoms with Gasteiger partial charge in [-0.1, -0.05) is 6.07 Å². The zero-order chi connectivity index (χ0) is 17.2. The largest absolute Gasteiger partial charge is 0.335 e. The summed E-state index contributed by atoms with van der Waals surface area (Å²) in [7, 11) is -3.42. The maximum Gasteiger partial charge on any atom is 0.321 e. The van der Waals surface area contributed by atoms with E-state index in [2.05, 4.69) is 10.6 Å². The van der Waals surface area contributed by atoms with Crippen LogP contribution in [0.5, 0.6) is 0 Å². The number of urea groups is 1. The van der Waals surface area contributed by atoms with Crippen molar-refractivity contribution in [1.29, 1.82) is 0 Å². The zero-order valence-corrected chi connectivity index (χ0v) is 14.8. The number of thiophene rings is 1. The van der Waals surface area contributed by atoms with Gasteiger partial charge in [0.2, 0.25) is 0 Å². The number of quaternary nitrogens is 1. The Morgan fingerprint density at radius 3 is 2.58 bits per heavy atom. The Bertz CT molecular complexity index is 692. The molecule has 10 heteroatoms. The minimum atomic E-state index is -3.42. The van der Waals surface area contributed by atoms with E-state index in [1.165, 1.54) is 15.6 Å². The molecular formula is C14H21N4O4S2+. The molecule has 132 valence electrons. The summed E-state index contributed by atoms with van der Waals surface area (Å²) >= 11 is 1.21. The van der Waals surface area contributed by atoms with Gasteiger partial charge >= 0.3 is 6.03 Å². The molecule has 1 aromatic heterocycles. The van der Waals surface area contributed by atoms with E-state index in [9.17, 15) is 18.0 Å². The van der Waals surface area contributed by atoms with Gasteiger partial charge in [0.05, 0.1) is 26.2 Å². The van der Waals surface area contributed by atoms with E-state index in [-0.39, 0.29) is 18.5 Å². The van der Waals surface area contributed by atoms with Crippen molar-refractivity contribution in [3.63, 3.8) is 0 Å². The Morgan fingerprint density at radius 2 is 2.00 bits per heavy atom. The highest BCUT2D eigenvalue weighted by molar-refractivity contribution is 7.91. The summed E-state index contributed by atoms with van der Waals surface area (Å²) < 4.78 is 26.7. The van der Waals surface area contributed by atoms with E-state index in [4.69, 9.17) is 0 Å². The molecular weight excluding hydrogens is 352 g/mol. The van der Waals surface area contributed by atoms with Crippen molar-refractivity contribution >= 4 is 33.3 Å². The predicted molar refractivity (Wildman–Crippen MR) is 88.3 cm³/mol. The first-order valence-corrected chi connectivity index (χ1v) is 10.2. The van der Waals surface area contributed by atoms with Crippen LogP contribution in [-0.4, -0.2) is 63.4 Å². The van der Waals surface area contributed by atoms with Crippen LogP contribution in [-0.2, 0) is 14.8 Å². The topological polar surface area (TPSA) is 100 Å². The number of piperazine rings is 1. The standard InChI is InChI=1S/C14H20N4O4S2/c19-12(16-14(20)15-11-3-4-11)10-17-5-7-18(8-6-17)24(21,22)13-2-1-9-23-13/h1-2,9,11H,3-8,10H2,(H2,15,16,19,20)/p+1. The minimum Gasteiger partial charge on any atom is -0.335 e. The summed E-state index contributed by atoms with van der Waals surface area (Å²) in [4.78, 5) is 24.4. The summed E-state index contributed by atoms with van der Waals surface area (Å²) in [6.07, 6.45) is 1.93. The maximum absolute atomic E-state index is 12.4. The molecule has 3 amide bonds. The lowest BCUT2D eigenvalue weighted by atomic mass is 10.3. The van der Waals surface area contributed by atoms with E-state index in [1.54, 1.807) is 17.5 Å². The molecule has 8 nitrogen and oxygen atoms in total. The fourth-order valence-corrected chi connectivity index (χ4v) is 5.19. The number of nitrogens with zero attached hydrogens (tertiary/aromatic N) is 1. The number of amides is 3. The molecule has 1 aromatic rings. The number of nitrogens with one attached hydrogen (secondary N) is 3. The summed E-state index contributed by atoms with van der Waals surface area (Å²) in [6, 6.07) is 3.08. The normalized spacial score (nSPS) is 19.8. The van der Waals surface area contributed by atoms with E-state index in [0.717, 1.165) is 17.7 Å². The van der Waals surface area contributed by atoms with Gasteiger partial charge in [0.15, 0.2) is 6.54 Å². The van der Waals surface area contributed by atoms with Crippen LogP contribution in [0.25, 0.3) is 0 Å². The lowest BCUT2D eigenvalue weighted by Gasteiger charge is -2.30. The second kappa shape index (κ2) is 7.18. The number of hydrogen-bond acceptors (Lipinski definition) is 5. The molecule has 0 bridgehead atoms. The lowest BCUT2D eigenvalue weighted by molar-refractivity contribution is -0.895. The fourth-order valence-electron chi connectivity index (χ4n) is 2.60. The predicted octanol–water partition coefficient (Wildman–Crippen LogP) is -1.37. The number of carbonyl (C=O) groups is 2. The van der Waals surface area contributed by atoms with Crippen molar-refractivity contribution in [3.05, 3.63) is 17.5 Å². The zero-order valence-electron chi connectivity index (χ0n) is 13.2. The number of sulfonamides is 1. The van der Waals surface area contributed by atoms with Crippen molar-refractivity contribution in [2.75, 3.05) is 32.7 Å². The molecule has 1 aliphatic heterocycles. The SMILES string of the molecule is O=C(C[NH+]1CCN(S(=O)(=O)c2cccs2)CC1)NC(=O)NC1CC1. The number of rotatable bonds is 5. The van der Waals surface area contributed by atoms with Gasteiger partial charge in [-0.05, 0) is 24.3 Å². The molecule has 2 aliphatic rings. The van der Waals surface area contributed by atoms with Gasteiger partial charge < -0.3 is 10.2 Å². The van der Waals surface area contributed by atoms with Crippen LogP contribution >= 0.6 is 11.3 Å². The maximum atomic E-state index is 12.4. The van der Waals surface area contributed by atoms with Crippen molar-refractivity contribution < 1.29 is 22.9 Å². The molecule has 0 aromatic carbocycles. The van der Waals surface area contributed by atoms with Crippen LogP contribution in [0.2, 0.25) is 0 Å². The third-order valence-corrected chi connectivity index (χ3v) is 7.37. The van der Waals surface area contributed by atoms with Crippen LogP contribution in [0.3, 0.4) is 0 Å². The lowest BCUT2D eigenvalue weighted by Crippen LogP contribution is -3.15. The molecule has 3 rings (SSSR count). The molecule has 3 N–H and O–H groups in total. The third kappa shape index (κ3) is 4.32. The van der Waals surface area contributed by atoms with E-state index in [0.29, 0.717) is 30.4 Å². The first-order valence-electron chi connectivity index (χ1n) is 7.93. The van der Waals surface area contributed by atoms with E-state index >= 15 is 0 Å². The molecule has 2 fully saturated rings. The van der Waals surface area contributed by atoms with Crippen molar-refractivity contribution in [1.82, 2.24) is 14.9 Å². The molecule has 2 heterocycles. The molecule has 0 unspecified atom stereocenters. The van der Waals surface area contributed by atoms with Crippen LogP contribution in [0.15, 0.2) is 21.7 Å². The van der Waals surface area contributed by atoms with Crippen LogP contribution < -0.4 is 15.5 Å². The molecule has 0 spiro atoms. The van der Waals surface area contributed by atoms with Gasteiger partial charge in [-0.2, -0.15) is 4.31 Å². The van der Waals surface area contributed by atoms with Crippen LogP contribution in [0.4, 0.5) is 4.79 Å². The highest BCUT2D eigenvalue weighted by atomic mass is 32.2. The minimum absolute atomic E-state index is 0.172. The Labute approximate surface area is 144 Å². The van der Waals surface area contributed by atoms with E-state index < -0.39 is 16.1 Å². The second-order valence-electron chi connectivity index (χ2n) is 6.06. The first-order chi connectivity index (χ1) is 11.4. The Kier molecular flexibility index (Phi) is 5.18. The van der Waals surface area contributed by atoms with Gasteiger partial charge in [0.1, 0.15) is 4.21 Å². The highest BCUT2D eigenvalue weighted by Crippen LogP contribution is 2.20. The fraction of sp³-hybridized carbons (Fsp3) is 0.571. The van der Waals surface area contributed by atoms with Crippen molar-refractivity contribution in [3.8, 4) is 0 Å². The molecule has 0 atom stereocenters. The number of carbonyl (C=O) groups excluding carboxylic acids is 2. The number of imide groups is 1. The van der Waals surface area contributed by atoms with Crippen LogP contribution in [0, 0.1) is 0 Å². The summed E-state index contributed by atoms with van der Waals surface area (Å²) in [5, 5.41) is 6.76. The molecule has 1 saturated carbocycles. The van der Waals surface area contributed by atoms with Gasteiger partial charge in [0.25, 0.3) is 15.9 Å². The Hall–Kier alpha value is -1.49. The van der Waals surface area contributed by atoms with Gasteiger partial charge in [-0.25, -0.2) is 13.2 Å². The summed E-state index contributed by atoms with van der Waals surface area (Å²) in [5.41, 5.74) is 0. The quantitative estimate of drug-likeness (QED) is 0.593. The van der Waals surface area contributed by atoms with Crippen molar-refractivity contribution in [2.45, 2.75) is 23.1 Å². The van der Waals surface area contributed by atoms with Crippen LogP contribution in [0.1, 0.15) is 12.8 Å². The highest BCUT2D eigenvalue weighted by Gasteiger charge is 2.32.